The summed E-state index contributed by atoms with van der Waals surface area (Å²) >= 11 is 5.80. The second-order valence-electron chi connectivity index (χ2n) is 5.15. The van der Waals surface area contributed by atoms with Crippen molar-refractivity contribution in [3.05, 3.63) is 34.6 Å². The van der Waals surface area contributed by atoms with Gasteiger partial charge in [0.05, 0.1) is 6.10 Å². The van der Waals surface area contributed by atoms with Gasteiger partial charge in [-0.2, -0.15) is 0 Å². The van der Waals surface area contributed by atoms with Gasteiger partial charge in [-0.3, -0.25) is 0 Å². The molecule has 1 aromatic rings. The lowest BCUT2D eigenvalue weighted by atomic mass is 9.91. The van der Waals surface area contributed by atoms with E-state index in [0.717, 1.165) is 6.42 Å². The van der Waals surface area contributed by atoms with Crippen molar-refractivity contribution in [2.45, 2.75) is 39.7 Å². The van der Waals surface area contributed by atoms with Crippen molar-refractivity contribution in [1.82, 2.24) is 0 Å². The summed E-state index contributed by atoms with van der Waals surface area (Å²) in [6.45, 7) is 6.36. The third kappa shape index (κ3) is 4.64. The minimum absolute atomic E-state index is 0.299. The average Bonchev–Trinajstić information content (AvgIpc) is 2.20. The van der Waals surface area contributed by atoms with Crippen molar-refractivity contribution in [3.8, 4) is 0 Å². The van der Waals surface area contributed by atoms with Gasteiger partial charge in [-0.05, 0) is 42.9 Å². The Morgan fingerprint density at radius 2 is 1.88 bits per heavy atom. The van der Waals surface area contributed by atoms with Crippen LogP contribution in [-0.2, 0) is 0 Å². The third-order valence-corrected chi connectivity index (χ3v) is 3.05. The van der Waals surface area contributed by atoms with Gasteiger partial charge in [0.25, 0.3) is 0 Å². The zero-order valence-electron chi connectivity index (χ0n) is 10.6. The summed E-state index contributed by atoms with van der Waals surface area (Å²) in [4.78, 5) is 0. The van der Waals surface area contributed by atoms with E-state index in [0.29, 0.717) is 28.8 Å². The molecule has 0 saturated carbocycles. The first-order valence-electron chi connectivity index (χ1n) is 6.03. The SMILES string of the molecule is CC(C)CC(C)CC(O)c1cc(Cl)ccc1F. The first-order valence-corrected chi connectivity index (χ1v) is 6.41. The van der Waals surface area contributed by atoms with E-state index in [1.54, 1.807) is 0 Å². The number of aliphatic hydroxyl groups excluding tert-OH is 1. The normalized spacial score (nSPS) is 15.0. The Balaban J connectivity index is 2.69. The van der Waals surface area contributed by atoms with Crippen LogP contribution >= 0.6 is 11.6 Å². The van der Waals surface area contributed by atoms with Crippen molar-refractivity contribution in [1.29, 1.82) is 0 Å². The Bertz CT molecular complexity index is 365. The van der Waals surface area contributed by atoms with E-state index >= 15 is 0 Å². The van der Waals surface area contributed by atoms with Gasteiger partial charge in [0.2, 0.25) is 0 Å². The van der Waals surface area contributed by atoms with E-state index in [9.17, 15) is 9.50 Å². The first-order chi connectivity index (χ1) is 7.90. The van der Waals surface area contributed by atoms with E-state index < -0.39 is 11.9 Å². The highest BCUT2D eigenvalue weighted by Crippen LogP contribution is 2.28. The van der Waals surface area contributed by atoms with Crippen LogP contribution in [0.15, 0.2) is 18.2 Å². The highest BCUT2D eigenvalue weighted by atomic mass is 35.5. The van der Waals surface area contributed by atoms with E-state index in [1.807, 2.05) is 0 Å². The monoisotopic (exact) mass is 258 g/mol. The lowest BCUT2D eigenvalue weighted by Crippen LogP contribution is -2.08. The standard InChI is InChI=1S/C14H20ClFO/c1-9(2)6-10(3)7-14(17)12-8-11(15)4-5-13(12)16/h4-5,8-10,14,17H,6-7H2,1-3H3. The van der Waals surface area contributed by atoms with Crippen LogP contribution in [0.5, 0.6) is 0 Å². The molecule has 0 saturated heterocycles. The zero-order chi connectivity index (χ0) is 13.0. The molecule has 2 unspecified atom stereocenters. The second-order valence-corrected chi connectivity index (χ2v) is 5.59. The molecular formula is C14H20ClFO. The van der Waals surface area contributed by atoms with Crippen LogP contribution < -0.4 is 0 Å². The van der Waals surface area contributed by atoms with Gasteiger partial charge in [0.1, 0.15) is 5.82 Å². The summed E-state index contributed by atoms with van der Waals surface area (Å²) in [5.41, 5.74) is 0.299. The highest BCUT2D eigenvalue weighted by molar-refractivity contribution is 6.30. The molecule has 0 amide bonds. The third-order valence-electron chi connectivity index (χ3n) is 2.82. The van der Waals surface area contributed by atoms with Crippen molar-refractivity contribution in [3.63, 3.8) is 0 Å². The number of benzene rings is 1. The summed E-state index contributed by atoms with van der Waals surface area (Å²) in [5, 5.41) is 10.5. The summed E-state index contributed by atoms with van der Waals surface area (Å²) in [6.07, 6.45) is 0.816. The van der Waals surface area contributed by atoms with Gasteiger partial charge in [0.15, 0.2) is 0 Å². The van der Waals surface area contributed by atoms with Crippen LogP contribution in [-0.4, -0.2) is 5.11 Å². The van der Waals surface area contributed by atoms with E-state index in [1.165, 1.54) is 18.2 Å². The smallest absolute Gasteiger partial charge is 0.129 e. The molecule has 2 atom stereocenters. The van der Waals surface area contributed by atoms with Crippen LogP contribution in [0.4, 0.5) is 4.39 Å². The van der Waals surface area contributed by atoms with E-state index in [-0.39, 0.29) is 0 Å². The predicted molar refractivity (Wildman–Crippen MR) is 69.6 cm³/mol. The van der Waals surface area contributed by atoms with Crippen molar-refractivity contribution >= 4 is 11.6 Å². The van der Waals surface area contributed by atoms with Crippen LogP contribution in [0, 0.1) is 17.7 Å². The minimum Gasteiger partial charge on any atom is -0.388 e. The molecule has 1 nitrogen and oxygen atoms in total. The zero-order valence-corrected chi connectivity index (χ0v) is 11.3. The van der Waals surface area contributed by atoms with Gasteiger partial charge in [-0.15, -0.1) is 0 Å². The molecule has 0 bridgehead atoms. The lowest BCUT2D eigenvalue weighted by molar-refractivity contribution is 0.138. The summed E-state index contributed by atoms with van der Waals surface area (Å²) in [5.74, 6) is 0.559. The predicted octanol–water partition coefficient (Wildman–Crippen LogP) is 4.58. The Morgan fingerprint density at radius 3 is 2.47 bits per heavy atom. The molecule has 0 spiro atoms. The number of hydrogen-bond donors (Lipinski definition) is 1. The summed E-state index contributed by atoms with van der Waals surface area (Å²) in [6, 6.07) is 4.29. The van der Waals surface area contributed by atoms with Crippen LogP contribution in [0.3, 0.4) is 0 Å². The van der Waals surface area contributed by atoms with E-state index in [4.69, 9.17) is 11.6 Å². The molecule has 1 N–H and O–H groups in total. The topological polar surface area (TPSA) is 20.2 Å². The van der Waals surface area contributed by atoms with Crippen LogP contribution in [0.2, 0.25) is 5.02 Å². The molecule has 3 heteroatoms. The fourth-order valence-electron chi connectivity index (χ4n) is 2.18. The quantitative estimate of drug-likeness (QED) is 0.819. The van der Waals surface area contributed by atoms with Crippen LogP contribution in [0.25, 0.3) is 0 Å². The molecule has 0 radical (unpaired) electrons. The Kier molecular flexibility index (Phi) is 5.41. The molecule has 17 heavy (non-hydrogen) atoms. The van der Waals surface area contributed by atoms with Crippen molar-refractivity contribution in [2.75, 3.05) is 0 Å². The largest absolute Gasteiger partial charge is 0.388 e. The average molecular weight is 259 g/mol. The molecule has 1 rings (SSSR count). The number of rotatable bonds is 5. The number of hydrogen-bond acceptors (Lipinski definition) is 1. The van der Waals surface area contributed by atoms with Gasteiger partial charge >= 0.3 is 0 Å². The second kappa shape index (κ2) is 6.36. The molecule has 0 fully saturated rings. The fourth-order valence-corrected chi connectivity index (χ4v) is 2.36. The molecule has 0 aliphatic heterocycles. The molecule has 96 valence electrons. The lowest BCUT2D eigenvalue weighted by Gasteiger charge is -2.19. The molecular weight excluding hydrogens is 239 g/mol. The molecule has 0 heterocycles. The highest BCUT2D eigenvalue weighted by Gasteiger charge is 2.17. The van der Waals surface area contributed by atoms with E-state index in [2.05, 4.69) is 20.8 Å². The minimum atomic E-state index is -0.776. The maximum absolute atomic E-state index is 13.5. The maximum atomic E-state index is 13.5. The van der Waals surface area contributed by atoms with Crippen LogP contribution in [0.1, 0.15) is 45.3 Å². The summed E-state index contributed by atoms with van der Waals surface area (Å²) in [7, 11) is 0. The van der Waals surface area contributed by atoms with Gasteiger partial charge < -0.3 is 5.11 Å². The maximum Gasteiger partial charge on any atom is 0.129 e. The fraction of sp³-hybridized carbons (Fsp3) is 0.571. The Hall–Kier alpha value is -0.600. The summed E-state index contributed by atoms with van der Waals surface area (Å²) < 4.78 is 13.5. The first kappa shape index (κ1) is 14.5. The Morgan fingerprint density at radius 1 is 1.24 bits per heavy atom. The molecule has 1 aromatic carbocycles. The number of halogens is 2. The van der Waals surface area contributed by atoms with Gasteiger partial charge in [0, 0.05) is 10.6 Å². The van der Waals surface area contributed by atoms with Gasteiger partial charge in [-0.1, -0.05) is 32.4 Å². The molecule has 0 aliphatic carbocycles. The molecule has 0 aliphatic rings. The Labute approximate surface area is 108 Å². The van der Waals surface area contributed by atoms with Crippen molar-refractivity contribution in [2.24, 2.45) is 11.8 Å². The number of aliphatic hydroxyl groups is 1. The molecule has 0 aromatic heterocycles. The van der Waals surface area contributed by atoms with Gasteiger partial charge in [-0.25, -0.2) is 4.39 Å². The van der Waals surface area contributed by atoms with Crippen molar-refractivity contribution < 1.29 is 9.50 Å².